The predicted octanol–water partition coefficient (Wildman–Crippen LogP) is 1.96. The van der Waals surface area contributed by atoms with Crippen molar-refractivity contribution in [3.63, 3.8) is 0 Å². The SMILES string of the molecule is C[C@@H]1COCCN1c1ccc([N+](=O)[O-])cc1F. The molecule has 1 aliphatic heterocycles. The molecule has 1 fully saturated rings. The number of halogens is 1. The summed E-state index contributed by atoms with van der Waals surface area (Å²) in [6.45, 7) is 3.60. The summed E-state index contributed by atoms with van der Waals surface area (Å²) in [4.78, 5) is 11.8. The maximum atomic E-state index is 13.8. The Bertz CT molecular complexity index is 439. The highest BCUT2D eigenvalue weighted by Gasteiger charge is 2.22. The van der Waals surface area contributed by atoms with Gasteiger partial charge in [-0.1, -0.05) is 0 Å². The molecule has 0 spiro atoms. The van der Waals surface area contributed by atoms with Gasteiger partial charge in [-0.2, -0.15) is 0 Å². The average molecular weight is 240 g/mol. The Hall–Kier alpha value is -1.69. The number of hydrogen-bond acceptors (Lipinski definition) is 4. The molecular weight excluding hydrogens is 227 g/mol. The van der Waals surface area contributed by atoms with Crippen LogP contribution in [-0.2, 0) is 4.74 Å². The van der Waals surface area contributed by atoms with Crippen LogP contribution in [0.4, 0.5) is 15.8 Å². The van der Waals surface area contributed by atoms with Crippen molar-refractivity contribution in [3.05, 3.63) is 34.1 Å². The fourth-order valence-electron chi connectivity index (χ4n) is 1.93. The minimum Gasteiger partial charge on any atom is -0.377 e. The van der Waals surface area contributed by atoms with E-state index in [0.717, 1.165) is 6.07 Å². The lowest BCUT2D eigenvalue weighted by atomic mass is 10.2. The molecule has 6 heteroatoms. The van der Waals surface area contributed by atoms with Crippen molar-refractivity contribution >= 4 is 11.4 Å². The zero-order chi connectivity index (χ0) is 12.4. The molecule has 0 radical (unpaired) electrons. The number of rotatable bonds is 2. The van der Waals surface area contributed by atoms with Gasteiger partial charge < -0.3 is 9.64 Å². The lowest BCUT2D eigenvalue weighted by Crippen LogP contribution is -2.44. The van der Waals surface area contributed by atoms with Gasteiger partial charge in [0.2, 0.25) is 0 Å². The van der Waals surface area contributed by atoms with Gasteiger partial charge in [-0.15, -0.1) is 0 Å². The van der Waals surface area contributed by atoms with Crippen LogP contribution in [-0.4, -0.2) is 30.7 Å². The fraction of sp³-hybridized carbons (Fsp3) is 0.455. The molecule has 0 unspecified atom stereocenters. The summed E-state index contributed by atoms with van der Waals surface area (Å²) in [5, 5.41) is 10.5. The van der Waals surface area contributed by atoms with Gasteiger partial charge in [0.15, 0.2) is 5.82 Å². The van der Waals surface area contributed by atoms with Crippen LogP contribution in [0.15, 0.2) is 18.2 Å². The molecule has 0 bridgehead atoms. The van der Waals surface area contributed by atoms with E-state index in [1.807, 2.05) is 11.8 Å². The predicted molar refractivity (Wildman–Crippen MR) is 60.7 cm³/mol. The molecule has 1 atom stereocenters. The van der Waals surface area contributed by atoms with Gasteiger partial charge >= 0.3 is 0 Å². The highest BCUT2D eigenvalue weighted by molar-refractivity contribution is 5.53. The van der Waals surface area contributed by atoms with Crippen molar-refractivity contribution in [3.8, 4) is 0 Å². The summed E-state index contributed by atoms with van der Waals surface area (Å²) in [6.07, 6.45) is 0. The highest BCUT2D eigenvalue weighted by atomic mass is 19.1. The average Bonchev–Trinajstić information content (AvgIpc) is 2.30. The topological polar surface area (TPSA) is 55.6 Å². The first-order chi connectivity index (χ1) is 8.09. The maximum Gasteiger partial charge on any atom is 0.272 e. The van der Waals surface area contributed by atoms with Gasteiger partial charge in [-0.25, -0.2) is 4.39 Å². The van der Waals surface area contributed by atoms with Crippen LogP contribution in [0.25, 0.3) is 0 Å². The van der Waals surface area contributed by atoms with Crippen molar-refractivity contribution in [1.29, 1.82) is 0 Å². The van der Waals surface area contributed by atoms with Crippen molar-refractivity contribution in [2.75, 3.05) is 24.7 Å². The number of morpholine rings is 1. The van der Waals surface area contributed by atoms with E-state index in [-0.39, 0.29) is 11.7 Å². The van der Waals surface area contributed by atoms with Gasteiger partial charge in [0, 0.05) is 18.7 Å². The minimum atomic E-state index is -0.602. The minimum absolute atomic E-state index is 0.0692. The zero-order valence-electron chi connectivity index (χ0n) is 9.43. The van der Waals surface area contributed by atoms with Crippen molar-refractivity contribution < 1.29 is 14.1 Å². The van der Waals surface area contributed by atoms with E-state index in [2.05, 4.69) is 0 Å². The number of anilines is 1. The van der Waals surface area contributed by atoms with Crippen LogP contribution in [0, 0.1) is 15.9 Å². The second kappa shape index (κ2) is 4.67. The molecular formula is C11H13FN2O3. The molecule has 1 aliphatic rings. The summed E-state index contributed by atoms with van der Waals surface area (Å²) in [6, 6.07) is 3.80. The molecule has 1 saturated heterocycles. The smallest absolute Gasteiger partial charge is 0.272 e. The second-order valence-corrected chi connectivity index (χ2v) is 4.01. The first kappa shape index (κ1) is 11.8. The van der Waals surface area contributed by atoms with Gasteiger partial charge in [-0.05, 0) is 13.0 Å². The van der Waals surface area contributed by atoms with Crippen molar-refractivity contribution in [2.24, 2.45) is 0 Å². The summed E-state index contributed by atoms with van der Waals surface area (Å²) < 4.78 is 19.0. The Balaban J connectivity index is 2.29. The maximum absolute atomic E-state index is 13.8. The van der Waals surface area contributed by atoms with Gasteiger partial charge in [-0.3, -0.25) is 10.1 Å². The molecule has 0 N–H and O–H groups in total. The van der Waals surface area contributed by atoms with Crippen LogP contribution < -0.4 is 4.90 Å². The third kappa shape index (κ3) is 2.36. The van der Waals surface area contributed by atoms with E-state index in [1.165, 1.54) is 12.1 Å². The monoisotopic (exact) mass is 240 g/mol. The molecule has 2 rings (SSSR count). The Morgan fingerprint density at radius 1 is 1.59 bits per heavy atom. The Morgan fingerprint density at radius 2 is 2.35 bits per heavy atom. The molecule has 0 aliphatic carbocycles. The highest BCUT2D eigenvalue weighted by Crippen LogP contribution is 2.26. The standard InChI is InChI=1S/C11H13FN2O3/c1-8-7-17-5-4-13(8)11-3-2-9(14(15)16)6-10(11)12/h2-3,6,8H,4-5,7H2,1H3/t8-/m1/s1. The van der Waals surface area contributed by atoms with Crippen LogP contribution >= 0.6 is 0 Å². The molecule has 0 amide bonds. The van der Waals surface area contributed by atoms with E-state index < -0.39 is 10.7 Å². The summed E-state index contributed by atoms with van der Waals surface area (Å²) in [5.41, 5.74) is 0.165. The van der Waals surface area contributed by atoms with Gasteiger partial charge in [0.25, 0.3) is 5.69 Å². The number of nitro benzene ring substituents is 1. The van der Waals surface area contributed by atoms with Crippen LogP contribution in [0.2, 0.25) is 0 Å². The van der Waals surface area contributed by atoms with E-state index in [9.17, 15) is 14.5 Å². The fourth-order valence-corrected chi connectivity index (χ4v) is 1.93. The third-order valence-corrected chi connectivity index (χ3v) is 2.82. The summed E-state index contributed by atoms with van der Waals surface area (Å²) in [7, 11) is 0. The lowest BCUT2D eigenvalue weighted by Gasteiger charge is -2.35. The van der Waals surface area contributed by atoms with Gasteiger partial charge in [0.05, 0.1) is 29.9 Å². The summed E-state index contributed by atoms with van der Waals surface area (Å²) >= 11 is 0. The van der Waals surface area contributed by atoms with Crippen LogP contribution in [0.1, 0.15) is 6.92 Å². The Kier molecular flexibility index (Phi) is 3.23. The molecule has 1 aromatic carbocycles. The Morgan fingerprint density at radius 3 is 2.94 bits per heavy atom. The molecule has 5 nitrogen and oxygen atoms in total. The summed E-state index contributed by atoms with van der Waals surface area (Å²) in [5.74, 6) is -0.562. The van der Waals surface area contributed by atoms with Crippen LogP contribution in [0.5, 0.6) is 0 Å². The zero-order valence-corrected chi connectivity index (χ0v) is 9.43. The number of benzene rings is 1. The molecule has 0 aromatic heterocycles. The normalized spacial score (nSPS) is 20.4. The van der Waals surface area contributed by atoms with Gasteiger partial charge in [0.1, 0.15) is 0 Å². The van der Waals surface area contributed by atoms with E-state index >= 15 is 0 Å². The second-order valence-electron chi connectivity index (χ2n) is 4.01. The van der Waals surface area contributed by atoms with E-state index in [0.29, 0.717) is 25.4 Å². The number of ether oxygens (including phenoxy) is 1. The van der Waals surface area contributed by atoms with Crippen molar-refractivity contribution in [2.45, 2.75) is 13.0 Å². The van der Waals surface area contributed by atoms with Crippen molar-refractivity contribution in [1.82, 2.24) is 0 Å². The molecule has 1 aromatic rings. The molecule has 17 heavy (non-hydrogen) atoms. The quantitative estimate of drug-likeness (QED) is 0.585. The third-order valence-electron chi connectivity index (χ3n) is 2.82. The van der Waals surface area contributed by atoms with E-state index in [1.54, 1.807) is 0 Å². The molecule has 0 saturated carbocycles. The largest absolute Gasteiger partial charge is 0.377 e. The Labute approximate surface area is 97.9 Å². The lowest BCUT2D eigenvalue weighted by molar-refractivity contribution is -0.385. The first-order valence-corrected chi connectivity index (χ1v) is 5.38. The molecule has 92 valence electrons. The number of nitro groups is 1. The number of hydrogen-bond donors (Lipinski definition) is 0. The number of nitrogens with zero attached hydrogens (tertiary/aromatic N) is 2. The molecule has 1 heterocycles. The van der Waals surface area contributed by atoms with Crippen LogP contribution in [0.3, 0.4) is 0 Å². The number of non-ortho nitro benzene ring substituents is 1. The van der Waals surface area contributed by atoms with E-state index in [4.69, 9.17) is 4.74 Å². The first-order valence-electron chi connectivity index (χ1n) is 5.38.